The predicted molar refractivity (Wildman–Crippen MR) is 102 cm³/mol. The number of aliphatic hydroxyl groups is 1. The van der Waals surface area contributed by atoms with Crippen LogP contribution in [0.15, 0.2) is 12.4 Å². The molecule has 0 aromatic carbocycles. The lowest BCUT2D eigenvalue weighted by atomic mass is 9.88. The monoisotopic (exact) mass is 388 g/mol. The summed E-state index contributed by atoms with van der Waals surface area (Å²) in [7, 11) is 0. The zero-order valence-corrected chi connectivity index (χ0v) is 16.3. The minimum atomic E-state index is -0.809. The third-order valence-electron chi connectivity index (χ3n) is 4.96. The summed E-state index contributed by atoms with van der Waals surface area (Å²) in [5.74, 6) is -0.248. The summed E-state index contributed by atoms with van der Waals surface area (Å²) >= 11 is 0. The number of hydrogen-bond donors (Lipinski definition) is 2. The molecule has 0 aliphatic heterocycles. The van der Waals surface area contributed by atoms with Crippen LogP contribution in [0.4, 0.5) is 16.0 Å². The Bertz CT molecular complexity index is 868. The molecule has 1 fully saturated rings. The van der Waals surface area contributed by atoms with Crippen molar-refractivity contribution in [3.63, 3.8) is 0 Å². The third-order valence-corrected chi connectivity index (χ3v) is 4.96. The average molecular weight is 388 g/mol. The van der Waals surface area contributed by atoms with E-state index in [9.17, 15) is 9.50 Å². The van der Waals surface area contributed by atoms with Crippen molar-refractivity contribution >= 4 is 11.6 Å². The molecule has 9 heteroatoms. The van der Waals surface area contributed by atoms with Crippen molar-refractivity contribution in [1.82, 2.24) is 19.7 Å². The van der Waals surface area contributed by atoms with Crippen LogP contribution in [0.3, 0.4) is 0 Å². The molecule has 0 unspecified atom stereocenters. The number of nitrogens with zero attached hydrogens (tertiary/aromatic N) is 5. The van der Waals surface area contributed by atoms with E-state index in [0.717, 1.165) is 31.9 Å². The summed E-state index contributed by atoms with van der Waals surface area (Å²) in [5.41, 5.74) is 0.499. The predicted octanol–water partition coefficient (Wildman–Crippen LogP) is 3.41. The Morgan fingerprint density at radius 2 is 2.11 bits per heavy atom. The maximum atomic E-state index is 14.0. The van der Waals surface area contributed by atoms with Crippen molar-refractivity contribution in [2.75, 3.05) is 11.9 Å². The van der Waals surface area contributed by atoms with Gasteiger partial charge in [0, 0.05) is 13.8 Å². The maximum absolute atomic E-state index is 14.0. The second-order valence-corrected chi connectivity index (χ2v) is 7.64. The molecule has 8 nitrogen and oxygen atoms in total. The zero-order chi connectivity index (χ0) is 20.3. The number of aryl methyl sites for hydroxylation is 1. The molecule has 150 valence electrons. The van der Waals surface area contributed by atoms with Crippen molar-refractivity contribution in [2.24, 2.45) is 5.92 Å². The molecule has 28 heavy (non-hydrogen) atoms. The van der Waals surface area contributed by atoms with Crippen molar-refractivity contribution < 1.29 is 14.2 Å². The minimum Gasteiger partial charge on any atom is -0.475 e. The molecule has 0 amide bonds. The second-order valence-electron chi connectivity index (χ2n) is 7.64. The first-order valence-electron chi connectivity index (χ1n) is 9.34. The molecule has 2 aromatic rings. The highest BCUT2D eigenvalue weighted by Gasteiger charge is 2.27. The van der Waals surface area contributed by atoms with Gasteiger partial charge in [0.15, 0.2) is 0 Å². The highest BCUT2D eigenvalue weighted by Crippen LogP contribution is 2.27. The van der Waals surface area contributed by atoms with Gasteiger partial charge < -0.3 is 15.2 Å². The van der Waals surface area contributed by atoms with E-state index in [1.165, 1.54) is 0 Å². The molecule has 2 aromatic heterocycles. The molecule has 1 aliphatic rings. The number of rotatable bonds is 6. The van der Waals surface area contributed by atoms with Gasteiger partial charge >= 0.3 is 5.66 Å². The SMILES string of the molecule is [C-]#[N+]C(C)(C)n1cc(Nc2ncc(F)c(OCC3CCC(O)CC3)n2)c(C)n1. The topological polar surface area (TPSA) is 89.5 Å². The number of nitrogens with one attached hydrogen (secondary N) is 1. The molecule has 3 rings (SSSR count). The first-order chi connectivity index (χ1) is 13.3. The first kappa shape index (κ1) is 20.0. The Morgan fingerprint density at radius 3 is 2.79 bits per heavy atom. The van der Waals surface area contributed by atoms with Gasteiger partial charge in [-0.25, -0.2) is 11.6 Å². The van der Waals surface area contributed by atoms with Gasteiger partial charge in [0.2, 0.25) is 11.8 Å². The molecule has 1 aliphatic carbocycles. The van der Waals surface area contributed by atoms with Crippen LogP contribution in [0.1, 0.15) is 45.2 Å². The van der Waals surface area contributed by atoms with Gasteiger partial charge in [-0.2, -0.15) is 19.2 Å². The fraction of sp³-hybridized carbons (Fsp3) is 0.579. The number of hydrogen-bond acceptors (Lipinski definition) is 6. The molecule has 0 radical (unpaired) electrons. The quantitative estimate of drug-likeness (QED) is 0.737. The standard InChI is InChI=1S/C19H25FN6O2/c1-12-16(10-26(25-12)19(2,3)21-4)23-18-22-9-15(20)17(24-18)28-11-13-5-7-14(27)8-6-13/h9-10,13-14,27H,5-8,11H2,1-3H3,(H,22,23,24). The molecular formula is C19H25FN6O2. The van der Waals surface area contributed by atoms with Crippen LogP contribution < -0.4 is 10.1 Å². The average Bonchev–Trinajstić information content (AvgIpc) is 3.05. The van der Waals surface area contributed by atoms with Gasteiger partial charge in [-0.3, -0.25) is 4.85 Å². The fourth-order valence-electron chi connectivity index (χ4n) is 3.06. The van der Waals surface area contributed by atoms with Crippen LogP contribution in [0.5, 0.6) is 5.88 Å². The van der Waals surface area contributed by atoms with E-state index >= 15 is 0 Å². The van der Waals surface area contributed by atoms with Crippen LogP contribution in [0, 0.1) is 25.2 Å². The van der Waals surface area contributed by atoms with Crippen molar-refractivity contribution in [3.05, 3.63) is 35.3 Å². The van der Waals surface area contributed by atoms with Gasteiger partial charge in [0.25, 0.3) is 5.88 Å². The van der Waals surface area contributed by atoms with Gasteiger partial charge in [-0.05, 0) is 38.5 Å². The maximum Gasteiger partial charge on any atom is 0.319 e. The minimum absolute atomic E-state index is 0.102. The van der Waals surface area contributed by atoms with Crippen molar-refractivity contribution in [2.45, 2.75) is 58.2 Å². The normalized spacial score (nSPS) is 19.9. The zero-order valence-electron chi connectivity index (χ0n) is 16.3. The lowest BCUT2D eigenvalue weighted by Crippen LogP contribution is -2.23. The van der Waals surface area contributed by atoms with E-state index in [4.69, 9.17) is 11.3 Å². The molecule has 0 spiro atoms. The van der Waals surface area contributed by atoms with Crippen molar-refractivity contribution in [1.29, 1.82) is 0 Å². The van der Waals surface area contributed by atoms with E-state index in [0.29, 0.717) is 18.0 Å². The fourth-order valence-corrected chi connectivity index (χ4v) is 3.06. The summed E-state index contributed by atoms with van der Waals surface area (Å²) in [6.07, 6.45) is 5.74. The van der Waals surface area contributed by atoms with Gasteiger partial charge in [-0.1, -0.05) is 0 Å². The molecular weight excluding hydrogens is 363 g/mol. The largest absolute Gasteiger partial charge is 0.475 e. The Kier molecular flexibility index (Phi) is 5.79. The van der Waals surface area contributed by atoms with E-state index < -0.39 is 11.5 Å². The van der Waals surface area contributed by atoms with E-state index in [1.807, 2.05) is 0 Å². The molecule has 0 bridgehead atoms. The highest BCUT2D eigenvalue weighted by atomic mass is 19.1. The number of aliphatic hydroxyl groups excluding tert-OH is 1. The van der Waals surface area contributed by atoms with Crippen LogP contribution in [0.25, 0.3) is 4.85 Å². The van der Waals surface area contributed by atoms with Gasteiger partial charge in [0.05, 0.1) is 36.5 Å². The summed E-state index contributed by atoms with van der Waals surface area (Å²) < 4.78 is 21.2. The number of halogens is 1. The summed E-state index contributed by atoms with van der Waals surface area (Å²) in [6.45, 7) is 13.0. The first-order valence-corrected chi connectivity index (χ1v) is 9.34. The smallest absolute Gasteiger partial charge is 0.319 e. The van der Waals surface area contributed by atoms with E-state index in [-0.39, 0.29) is 23.9 Å². The lowest BCUT2D eigenvalue weighted by Gasteiger charge is -2.25. The Labute approximate surface area is 163 Å². The number of aromatic nitrogens is 4. The Hall–Kier alpha value is -2.73. The summed E-state index contributed by atoms with van der Waals surface area (Å²) in [6, 6.07) is 0. The van der Waals surface area contributed by atoms with E-state index in [1.54, 1.807) is 31.6 Å². The van der Waals surface area contributed by atoms with E-state index in [2.05, 4.69) is 25.2 Å². The third kappa shape index (κ3) is 4.57. The number of anilines is 2. The molecule has 2 N–H and O–H groups in total. The van der Waals surface area contributed by atoms with Crippen LogP contribution in [-0.2, 0) is 5.66 Å². The second kappa shape index (κ2) is 8.10. The molecule has 0 atom stereocenters. The van der Waals surface area contributed by atoms with Crippen molar-refractivity contribution in [3.8, 4) is 5.88 Å². The molecule has 1 saturated carbocycles. The van der Waals surface area contributed by atoms with Crippen LogP contribution in [-0.4, -0.2) is 37.6 Å². The highest BCUT2D eigenvalue weighted by molar-refractivity contribution is 5.55. The Morgan fingerprint density at radius 1 is 1.39 bits per heavy atom. The Balaban J connectivity index is 1.69. The molecule has 0 saturated heterocycles. The summed E-state index contributed by atoms with van der Waals surface area (Å²) in [5, 5.41) is 16.9. The van der Waals surface area contributed by atoms with Gasteiger partial charge in [-0.15, -0.1) is 0 Å². The van der Waals surface area contributed by atoms with Crippen LogP contribution >= 0.6 is 0 Å². The number of ether oxygens (including phenoxy) is 1. The lowest BCUT2D eigenvalue weighted by molar-refractivity contribution is 0.0899. The summed E-state index contributed by atoms with van der Waals surface area (Å²) in [4.78, 5) is 11.7. The van der Waals surface area contributed by atoms with Crippen LogP contribution in [0.2, 0.25) is 0 Å². The molecule has 2 heterocycles. The van der Waals surface area contributed by atoms with Gasteiger partial charge in [0.1, 0.15) is 0 Å².